The van der Waals surface area contributed by atoms with Gasteiger partial charge in [0.25, 0.3) is 5.91 Å². The van der Waals surface area contributed by atoms with Crippen LogP contribution in [0.4, 0.5) is 11.4 Å². The molecule has 0 aromatic heterocycles. The number of benzene rings is 1. The first-order valence-corrected chi connectivity index (χ1v) is 6.23. The number of ether oxygens (including phenoxy) is 1. The standard InChI is InChI=1S/C13H21N3O3/c1-15-13(18)11-4-3-10(14)9-12(11)16-5-2-7-19-8-6-17/h3-4,9,16-17H,2,5-8,14H2,1H3,(H,15,18). The molecule has 0 aliphatic rings. The third-order valence-corrected chi connectivity index (χ3v) is 2.53. The summed E-state index contributed by atoms with van der Waals surface area (Å²) in [5.74, 6) is -0.154. The molecular formula is C13H21N3O3. The van der Waals surface area contributed by atoms with E-state index in [0.717, 1.165) is 6.42 Å². The van der Waals surface area contributed by atoms with Crippen LogP contribution in [0, 0.1) is 0 Å². The van der Waals surface area contributed by atoms with Gasteiger partial charge in [-0.05, 0) is 24.6 Å². The maximum Gasteiger partial charge on any atom is 0.253 e. The summed E-state index contributed by atoms with van der Waals surface area (Å²) in [5, 5.41) is 14.3. The molecule has 106 valence electrons. The van der Waals surface area contributed by atoms with Crippen molar-refractivity contribution < 1.29 is 14.6 Å². The summed E-state index contributed by atoms with van der Waals surface area (Å²) in [6.45, 7) is 1.61. The van der Waals surface area contributed by atoms with Gasteiger partial charge in [0.2, 0.25) is 0 Å². The molecule has 1 aromatic carbocycles. The van der Waals surface area contributed by atoms with Gasteiger partial charge in [-0.25, -0.2) is 0 Å². The molecule has 0 bridgehead atoms. The number of hydrogen-bond acceptors (Lipinski definition) is 5. The molecule has 0 spiro atoms. The zero-order chi connectivity index (χ0) is 14.1. The summed E-state index contributed by atoms with van der Waals surface area (Å²) in [5.41, 5.74) is 7.59. The minimum absolute atomic E-state index is 0.0312. The molecule has 1 aromatic rings. The van der Waals surface area contributed by atoms with Crippen LogP contribution in [0.1, 0.15) is 16.8 Å². The predicted molar refractivity (Wildman–Crippen MR) is 75.3 cm³/mol. The minimum Gasteiger partial charge on any atom is -0.399 e. The quantitative estimate of drug-likeness (QED) is 0.405. The van der Waals surface area contributed by atoms with Crippen molar-refractivity contribution in [3.8, 4) is 0 Å². The van der Waals surface area contributed by atoms with E-state index in [9.17, 15) is 4.79 Å². The van der Waals surface area contributed by atoms with E-state index in [1.54, 1.807) is 25.2 Å². The van der Waals surface area contributed by atoms with Crippen LogP contribution < -0.4 is 16.4 Å². The van der Waals surface area contributed by atoms with E-state index in [4.69, 9.17) is 15.6 Å². The van der Waals surface area contributed by atoms with E-state index in [2.05, 4.69) is 10.6 Å². The van der Waals surface area contributed by atoms with Crippen LogP contribution in [-0.2, 0) is 4.74 Å². The Kier molecular flexibility index (Phi) is 6.70. The van der Waals surface area contributed by atoms with Crippen molar-refractivity contribution in [2.24, 2.45) is 0 Å². The second kappa shape index (κ2) is 8.34. The summed E-state index contributed by atoms with van der Waals surface area (Å²) < 4.78 is 5.15. The number of nitrogens with two attached hydrogens (primary N) is 1. The number of nitrogens with one attached hydrogen (secondary N) is 2. The van der Waals surface area contributed by atoms with E-state index in [1.807, 2.05) is 0 Å². The maximum atomic E-state index is 11.7. The predicted octanol–water partition coefficient (Wildman–Crippen LogP) is 0.439. The monoisotopic (exact) mass is 267 g/mol. The molecule has 0 aliphatic heterocycles. The van der Waals surface area contributed by atoms with Gasteiger partial charge in [-0.1, -0.05) is 0 Å². The molecule has 0 saturated carbocycles. The van der Waals surface area contributed by atoms with Gasteiger partial charge in [0, 0.05) is 31.6 Å². The number of aliphatic hydroxyl groups excluding tert-OH is 1. The lowest BCUT2D eigenvalue weighted by atomic mass is 10.1. The lowest BCUT2D eigenvalue weighted by molar-refractivity contribution is 0.0921. The van der Waals surface area contributed by atoms with Gasteiger partial charge < -0.3 is 26.2 Å². The molecule has 0 unspecified atom stereocenters. The van der Waals surface area contributed by atoms with Gasteiger partial charge in [-0.15, -0.1) is 0 Å². The van der Waals surface area contributed by atoms with E-state index in [-0.39, 0.29) is 12.5 Å². The fourth-order valence-corrected chi connectivity index (χ4v) is 1.60. The topological polar surface area (TPSA) is 96.6 Å². The van der Waals surface area contributed by atoms with Gasteiger partial charge >= 0.3 is 0 Å². The van der Waals surface area contributed by atoms with Crippen LogP contribution in [0.5, 0.6) is 0 Å². The summed E-state index contributed by atoms with van der Waals surface area (Å²) in [6, 6.07) is 5.12. The summed E-state index contributed by atoms with van der Waals surface area (Å²) in [6.07, 6.45) is 0.780. The van der Waals surface area contributed by atoms with Crippen molar-refractivity contribution in [3.05, 3.63) is 23.8 Å². The normalized spacial score (nSPS) is 10.2. The third kappa shape index (κ3) is 5.15. The Balaban J connectivity index is 2.51. The molecule has 0 atom stereocenters. The molecule has 1 rings (SSSR count). The number of rotatable bonds is 8. The van der Waals surface area contributed by atoms with Crippen molar-refractivity contribution >= 4 is 17.3 Å². The third-order valence-electron chi connectivity index (χ3n) is 2.53. The summed E-state index contributed by atoms with van der Waals surface area (Å²) >= 11 is 0. The zero-order valence-corrected chi connectivity index (χ0v) is 11.1. The number of anilines is 2. The second-order valence-corrected chi connectivity index (χ2v) is 4.00. The number of nitrogen functional groups attached to an aromatic ring is 1. The molecule has 19 heavy (non-hydrogen) atoms. The number of amides is 1. The van der Waals surface area contributed by atoms with Crippen LogP contribution in [0.3, 0.4) is 0 Å². The van der Waals surface area contributed by atoms with Gasteiger partial charge in [0.15, 0.2) is 0 Å². The number of carbonyl (C=O) groups is 1. The van der Waals surface area contributed by atoms with Gasteiger partial charge in [0.1, 0.15) is 0 Å². The highest BCUT2D eigenvalue weighted by atomic mass is 16.5. The minimum atomic E-state index is -0.154. The average molecular weight is 267 g/mol. The Morgan fingerprint density at radius 1 is 1.42 bits per heavy atom. The van der Waals surface area contributed by atoms with Gasteiger partial charge in [-0.2, -0.15) is 0 Å². The Labute approximate surface area is 112 Å². The molecule has 0 radical (unpaired) electrons. The molecule has 0 aliphatic carbocycles. The van der Waals surface area contributed by atoms with Crippen molar-refractivity contribution in [1.82, 2.24) is 5.32 Å². The van der Waals surface area contributed by atoms with Crippen molar-refractivity contribution in [2.45, 2.75) is 6.42 Å². The fourth-order valence-electron chi connectivity index (χ4n) is 1.60. The van der Waals surface area contributed by atoms with E-state index in [1.165, 1.54) is 0 Å². The number of aliphatic hydroxyl groups is 1. The molecule has 0 heterocycles. The maximum absolute atomic E-state index is 11.7. The van der Waals surface area contributed by atoms with Gasteiger partial charge in [0.05, 0.1) is 18.8 Å². The Morgan fingerprint density at radius 3 is 2.89 bits per heavy atom. The Morgan fingerprint density at radius 2 is 2.21 bits per heavy atom. The van der Waals surface area contributed by atoms with Crippen LogP contribution in [0.25, 0.3) is 0 Å². The van der Waals surface area contributed by atoms with E-state index in [0.29, 0.717) is 36.7 Å². The first-order valence-electron chi connectivity index (χ1n) is 6.23. The summed E-state index contributed by atoms with van der Waals surface area (Å²) in [7, 11) is 1.59. The molecule has 6 nitrogen and oxygen atoms in total. The van der Waals surface area contributed by atoms with Crippen molar-refractivity contribution in [3.63, 3.8) is 0 Å². The van der Waals surface area contributed by atoms with Crippen LogP contribution in [-0.4, -0.2) is 44.4 Å². The second-order valence-electron chi connectivity index (χ2n) is 4.00. The van der Waals surface area contributed by atoms with Crippen LogP contribution >= 0.6 is 0 Å². The summed E-state index contributed by atoms with van der Waals surface area (Å²) in [4.78, 5) is 11.7. The smallest absolute Gasteiger partial charge is 0.253 e. The molecule has 1 amide bonds. The molecule has 6 heteroatoms. The van der Waals surface area contributed by atoms with Gasteiger partial charge in [-0.3, -0.25) is 4.79 Å². The Hall–Kier alpha value is -1.79. The highest BCUT2D eigenvalue weighted by Gasteiger charge is 2.09. The highest BCUT2D eigenvalue weighted by Crippen LogP contribution is 2.19. The molecule has 0 saturated heterocycles. The van der Waals surface area contributed by atoms with Crippen LogP contribution in [0.2, 0.25) is 0 Å². The van der Waals surface area contributed by atoms with Crippen LogP contribution in [0.15, 0.2) is 18.2 Å². The highest BCUT2D eigenvalue weighted by molar-refractivity contribution is 6.00. The van der Waals surface area contributed by atoms with Crippen molar-refractivity contribution in [2.75, 3.05) is 44.5 Å². The fraction of sp³-hybridized carbons (Fsp3) is 0.462. The lowest BCUT2D eigenvalue weighted by Gasteiger charge is -2.12. The number of carbonyl (C=O) groups excluding carboxylic acids is 1. The SMILES string of the molecule is CNC(=O)c1ccc(N)cc1NCCCOCCO. The first kappa shape index (κ1) is 15.3. The van der Waals surface area contributed by atoms with E-state index < -0.39 is 0 Å². The van der Waals surface area contributed by atoms with E-state index >= 15 is 0 Å². The van der Waals surface area contributed by atoms with Crippen molar-refractivity contribution in [1.29, 1.82) is 0 Å². The average Bonchev–Trinajstić information content (AvgIpc) is 2.42. The molecule has 0 fully saturated rings. The lowest BCUT2D eigenvalue weighted by Crippen LogP contribution is -2.20. The first-order chi connectivity index (χ1) is 9.19. The Bertz CT molecular complexity index is 410. The number of hydrogen-bond donors (Lipinski definition) is 4. The molecular weight excluding hydrogens is 246 g/mol. The molecule has 5 N–H and O–H groups in total. The zero-order valence-electron chi connectivity index (χ0n) is 11.1. The largest absolute Gasteiger partial charge is 0.399 e.